The van der Waals surface area contributed by atoms with E-state index in [-0.39, 0.29) is 29.9 Å². The van der Waals surface area contributed by atoms with Gasteiger partial charge in [-0.15, -0.1) is 0 Å². The molecule has 190 valence electrons. The van der Waals surface area contributed by atoms with Gasteiger partial charge in [-0.1, -0.05) is 34.1 Å². The van der Waals surface area contributed by atoms with Crippen LogP contribution in [-0.2, 0) is 26.2 Å². The number of nitro groups is 1. The molecule has 0 saturated carbocycles. The monoisotopic (exact) mass is 568 g/mol. The number of non-ortho nitro benzene ring substituents is 1. The minimum atomic E-state index is -4.00. The lowest BCUT2D eigenvalue weighted by Gasteiger charge is -2.32. The van der Waals surface area contributed by atoms with E-state index >= 15 is 0 Å². The number of nitro benzene ring substituents is 1. The van der Waals surface area contributed by atoms with Crippen LogP contribution in [0.1, 0.15) is 31.9 Å². The maximum Gasteiger partial charge on any atom is 0.271 e. The van der Waals surface area contributed by atoms with Crippen molar-refractivity contribution in [2.45, 2.75) is 46.3 Å². The predicted octanol–water partition coefficient (Wildman–Crippen LogP) is 3.37. The molecule has 2 rings (SSSR count). The predicted molar refractivity (Wildman–Crippen MR) is 137 cm³/mol. The molecule has 0 saturated heterocycles. The second kappa shape index (κ2) is 11.6. The lowest BCUT2D eigenvalue weighted by atomic mass is 10.1. The van der Waals surface area contributed by atoms with Gasteiger partial charge in [0.1, 0.15) is 12.6 Å². The van der Waals surface area contributed by atoms with Crippen molar-refractivity contribution in [3.63, 3.8) is 0 Å². The topological polar surface area (TPSA) is 130 Å². The Kier molecular flexibility index (Phi) is 9.38. The average molecular weight is 569 g/mol. The zero-order valence-corrected chi connectivity index (χ0v) is 22.6. The number of halogens is 1. The van der Waals surface area contributed by atoms with Crippen LogP contribution < -0.4 is 9.62 Å². The summed E-state index contributed by atoms with van der Waals surface area (Å²) in [6.07, 6.45) is 0.923. The summed E-state index contributed by atoms with van der Waals surface area (Å²) in [5.41, 5.74) is 0.895. The van der Waals surface area contributed by atoms with Gasteiger partial charge in [-0.25, -0.2) is 8.42 Å². The molecule has 0 radical (unpaired) electrons. The van der Waals surface area contributed by atoms with E-state index in [0.29, 0.717) is 5.56 Å². The molecule has 0 aromatic heterocycles. The third-order valence-electron chi connectivity index (χ3n) is 5.19. The van der Waals surface area contributed by atoms with Crippen LogP contribution in [0.15, 0.2) is 46.9 Å². The third-order valence-corrected chi connectivity index (χ3v) is 6.81. The number of anilines is 1. The summed E-state index contributed by atoms with van der Waals surface area (Å²) >= 11 is 3.39. The van der Waals surface area contributed by atoms with E-state index in [2.05, 4.69) is 21.2 Å². The van der Waals surface area contributed by atoms with Gasteiger partial charge in [-0.2, -0.15) is 0 Å². The molecular formula is C23H29BrN4O6S. The van der Waals surface area contributed by atoms with E-state index in [1.807, 2.05) is 6.07 Å². The van der Waals surface area contributed by atoms with E-state index in [1.54, 1.807) is 45.9 Å². The normalized spacial score (nSPS) is 12.2. The van der Waals surface area contributed by atoms with Gasteiger partial charge < -0.3 is 10.2 Å². The third kappa shape index (κ3) is 7.76. The van der Waals surface area contributed by atoms with Crippen molar-refractivity contribution in [3.05, 3.63) is 68.2 Å². The molecule has 2 amide bonds. The lowest BCUT2D eigenvalue weighted by Crippen LogP contribution is -2.52. The molecule has 10 nitrogen and oxygen atoms in total. The SMILES string of the molecule is Cc1ccc([N+](=O)[O-])cc1N(CC(=O)N(Cc1cccc(Br)c1)[C@@H](C)C(=O)NC(C)C)S(C)(=O)=O. The number of carbonyl (C=O) groups is 2. The molecule has 0 heterocycles. The molecule has 1 N–H and O–H groups in total. The molecule has 35 heavy (non-hydrogen) atoms. The first-order valence-electron chi connectivity index (χ1n) is 10.8. The molecule has 0 aliphatic rings. The number of amides is 2. The second-order valence-corrected chi connectivity index (χ2v) is 11.3. The second-order valence-electron chi connectivity index (χ2n) is 8.49. The summed E-state index contributed by atoms with van der Waals surface area (Å²) in [7, 11) is -4.00. The van der Waals surface area contributed by atoms with Crippen molar-refractivity contribution in [2.75, 3.05) is 17.1 Å². The smallest absolute Gasteiger partial charge is 0.271 e. The number of sulfonamides is 1. The molecular weight excluding hydrogens is 540 g/mol. The largest absolute Gasteiger partial charge is 0.352 e. The van der Waals surface area contributed by atoms with E-state index in [0.717, 1.165) is 26.7 Å². The highest BCUT2D eigenvalue weighted by Gasteiger charge is 2.31. The number of aryl methyl sites for hydroxylation is 1. The van der Waals surface area contributed by atoms with Crippen molar-refractivity contribution in [1.82, 2.24) is 10.2 Å². The molecule has 0 aliphatic heterocycles. The molecule has 2 aromatic rings. The zero-order valence-electron chi connectivity index (χ0n) is 20.2. The molecule has 1 atom stereocenters. The van der Waals surface area contributed by atoms with Crippen LogP contribution in [0.4, 0.5) is 11.4 Å². The molecule has 0 aliphatic carbocycles. The number of rotatable bonds is 10. The van der Waals surface area contributed by atoms with Gasteiger partial charge in [0.05, 0.1) is 16.9 Å². The van der Waals surface area contributed by atoms with Gasteiger partial charge in [0.2, 0.25) is 21.8 Å². The van der Waals surface area contributed by atoms with Gasteiger partial charge in [0, 0.05) is 29.2 Å². The minimum Gasteiger partial charge on any atom is -0.352 e. The Morgan fingerprint density at radius 3 is 2.34 bits per heavy atom. The summed E-state index contributed by atoms with van der Waals surface area (Å²) in [4.78, 5) is 38.2. The molecule has 0 fully saturated rings. The first-order valence-corrected chi connectivity index (χ1v) is 13.4. The standard InChI is InChI=1S/C23H29BrN4O6S/c1-15(2)25-23(30)17(4)26(13-18-7-6-8-19(24)11-18)22(29)14-27(35(5,33)34)21-12-20(28(31)32)10-9-16(21)3/h6-12,15,17H,13-14H2,1-5H3,(H,25,30)/t17-/m0/s1. The van der Waals surface area contributed by atoms with E-state index in [9.17, 15) is 28.1 Å². The molecule has 0 unspecified atom stereocenters. The Morgan fingerprint density at radius 1 is 1.14 bits per heavy atom. The highest BCUT2D eigenvalue weighted by molar-refractivity contribution is 9.10. The number of hydrogen-bond acceptors (Lipinski definition) is 6. The molecule has 0 spiro atoms. The fraction of sp³-hybridized carbons (Fsp3) is 0.391. The highest BCUT2D eigenvalue weighted by Crippen LogP contribution is 2.28. The van der Waals surface area contributed by atoms with Gasteiger partial charge in [-0.05, 0) is 51.0 Å². The molecule has 2 aromatic carbocycles. The highest BCUT2D eigenvalue weighted by atomic mass is 79.9. The Labute approximate surface area is 213 Å². The Balaban J connectivity index is 2.49. The maximum absolute atomic E-state index is 13.5. The summed E-state index contributed by atoms with van der Waals surface area (Å²) < 4.78 is 27.0. The number of carbonyl (C=O) groups excluding carboxylic acids is 2. The molecule has 0 bridgehead atoms. The van der Waals surface area contributed by atoms with Gasteiger partial charge in [-0.3, -0.25) is 24.0 Å². The van der Waals surface area contributed by atoms with Gasteiger partial charge in [0.25, 0.3) is 5.69 Å². The van der Waals surface area contributed by atoms with Crippen LogP contribution in [0.3, 0.4) is 0 Å². The number of benzene rings is 2. The van der Waals surface area contributed by atoms with Crippen LogP contribution in [0.2, 0.25) is 0 Å². The van der Waals surface area contributed by atoms with Crippen molar-refractivity contribution in [1.29, 1.82) is 0 Å². The maximum atomic E-state index is 13.5. The first kappa shape index (κ1) is 28.2. The van der Waals surface area contributed by atoms with Crippen LogP contribution in [0.5, 0.6) is 0 Å². The number of nitrogens with one attached hydrogen (secondary N) is 1. The fourth-order valence-corrected chi connectivity index (χ4v) is 4.74. The van der Waals surface area contributed by atoms with Gasteiger partial charge in [0.15, 0.2) is 0 Å². The quantitative estimate of drug-likeness (QED) is 0.345. The fourth-order valence-electron chi connectivity index (χ4n) is 3.39. The van der Waals surface area contributed by atoms with E-state index < -0.39 is 33.4 Å². The van der Waals surface area contributed by atoms with Crippen LogP contribution in [0.25, 0.3) is 0 Å². The molecule has 12 heteroatoms. The summed E-state index contributed by atoms with van der Waals surface area (Å²) in [6.45, 7) is 6.17. The number of hydrogen-bond donors (Lipinski definition) is 1. The number of nitrogens with zero attached hydrogens (tertiary/aromatic N) is 3. The van der Waals surface area contributed by atoms with Crippen molar-refractivity contribution in [3.8, 4) is 0 Å². The van der Waals surface area contributed by atoms with E-state index in [1.165, 1.54) is 17.0 Å². The summed E-state index contributed by atoms with van der Waals surface area (Å²) in [5, 5.41) is 14.0. The first-order chi connectivity index (χ1) is 16.2. The van der Waals surface area contributed by atoms with Crippen molar-refractivity contribution >= 4 is 49.1 Å². The Bertz CT molecular complexity index is 1220. The lowest BCUT2D eigenvalue weighted by molar-refractivity contribution is -0.384. The van der Waals surface area contributed by atoms with Crippen LogP contribution in [-0.4, -0.2) is 54.9 Å². The van der Waals surface area contributed by atoms with E-state index in [4.69, 9.17) is 0 Å². The Morgan fingerprint density at radius 2 is 1.80 bits per heavy atom. The summed E-state index contributed by atoms with van der Waals surface area (Å²) in [5.74, 6) is -1.02. The van der Waals surface area contributed by atoms with Crippen molar-refractivity contribution in [2.24, 2.45) is 0 Å². The zero-order chi connectivity index (χ0) is 26.5. The summed E-state index contributed by atoms with van der Waals surface area (Å²) in [6, 6.07) is 9.94. The van der Waals surface area contributed by atoms with Crippen LogP contribution >= 0.6 is 15.9 Å². The van der Waals surface area contributed by atoms with Gasteiger partial charge >= 0.3 is 0 Å². The van der Waals surface area contributed by atoms with Crippen molar-refractivity contribution < 1.29 is 22.9 Å². The Hall–Kier alpha value is -2.99. The van der Waals surface area contributed by atoms with Crippen LogP contribution in [0, 0.1) is 17.0 Å². The average Bonchev–Trinajstić information content (AvgIpc) is 2.74. The minimum absolute atomic E-state index is 0.0248.